The molecule has 0 aromatic heterocycles. The molecule has 18 heavy (non-hydrogen) atoms. The number of carbonyl (C=O) groups excluding carboxylic acids is 2. The Hall–Kier alpha value is -2.11. The number of rotatable bonds is 5. The van der Waals surface area contributed by atoms with Crippen LogP contribution in [0.3, 0.4) is 0 Å². The molecule has 0 saturated heterocycles. The van der Waals surface area contributed by atoms with Crippen molar-refractivity contribution in [1.82, 2.24) is 0 Å². The molecule has 5 nitrogen and oxygen atoms in total. The molecule has 98 valence electrons. The molecule has 0 radical (unpaired) electrons. The van der Waals surface area contributed by atoms with Crippen LogP contribution < -0.4 is 9.47 Å². The fraction of sp³-hybridized carbons (Fsp3) is 0.333. The first-order chi connectivity index (χ1) is 8.56. The summed E-state index contributed by atoms with van der Waals surface area (Å²) in [5.41, 5.74) is -0.279. The zero-order valence-electron chi connectivity index (χ0n) is 10.3. The first-order valence-corrected chi connectivity index (χ1v) is 5.18. The number of ether oxygens (including phenoxy) is 3. The predicted molar refractivity (Wildman–Crippen MR) is 60.5 cm³/mol. The fourth-order valence-corrected chi connectivity index (χ4v) is 1.42. The van der Waals surface area contributed by atoms with Crippen molar-refractivity contribution >= 4 is 11.8 Å². The highest BCUT2D eigenvalue weighted by molar-refractivity contribution is 6.42. The van der Waals surface area contributed by atoms with Gasteiger partial charge in [0.25, 0.3) is 5.78 Å². The number of ketones is 1. The molecule has 0 aliphatic heterocycles. The summed E-state index contributed by atoms with van der Waals surface area (Å²) in [5.74, 6) is -3.14. The van der Waals surface area contributed by atoms with E-state index in [0.29, 0.717) is 0 Å². The normalized spacial score (nSPS) is 9.78. The number of benzene rings is 1. The first kappa shape index (κ1) is 14.0. The Morgan fingerprint density at radius 3 is 2.39 bits per heavy atom. The summed E-state index contributed by atoms with van der Waals surface area (Å²) in [6.45, 7) is 1.61. The quantitative estimate of drug-likeness (QED) is 0.455. The average Bonchev–Trinajstić information content (AvgIpc) is 2.37. The van der Waals surface area contributed by atoms with Gasteiger partial charge in [-0.05, 0) is 19.1 Å². The Bertz CT molecular complexity index is 470. The molecule has 0 amide bonds. The van der Waals surface area contributed by atoms with E-state index >= 15 is 0 Å². The van der Waals surface area contributed by atoms with Gasteiger partial charge in [-0.25, -0.2) is 9.18 Å². The van der Waals surface area contributed by atoms with Crippen LogP contribution in [0.4, 0.5) is 4.39 Å². The molecular weight excluding hydrogens is 243 g/mol. The van der Waals surface area contributed by atoms with Gasteiger partial charge in [-0.1, -0.05) is 0 Å². The van der Waals surface area contributed by atoms with Crippen LogP contribution in [0.5, 0.6) is 11.5 Å². The van der Waals surface area contributed by atoms with Crippen molar-refractivity contribution in [1.29, 1.82) is 0 Å². The second-order valence-corrected chi connectivity index (χ2v) is 3.21. The summed E-state index contributed by atoms with van der Waals surface area (Å²) in [6, 6.07) is 2.32. The van der Waals surface area contributed by atoms with Crippen LogP contribution in [-0.2, 0) is 9.53 Å². The van der Waals surface area contributed by atoms with Crippen LogP contribution in [-0.4, -0.2) is 32.6 Å². The van der Waals surface area contributed by atoms with Gasteiger partial charge in [-0.15, -0.1) is 0 Å². The third-order valence-corrected chi connectivity index (χ3v) is 2.18. The molecule has 0 N–H and O–H groups in total. The molecule has 1 rings (SSSR count). The summed E-state index contributed by atoms with van der Waals surface area (Å²) in [7, 11) is 2.49. The predicted octanol–water partition coefficient (Wildman–Crippen LogP) is 1.59. The number of esters is 1. The van der Waals surface area contributed by atoms with Gasteiger partial charge in [0, 0.05) is 0 Å². The minimum atomic E-state index is -1.08. The lowest BCUT2D eigenvalue weighted by molar-refractivity contribution is -0.137. The Kier molecular flexibility index (Phi) is 4.65. The van der Waals surface area contributed by atoms with E-state index in [-0.39, 0.29) is 23.7 Å². The summed E-state index contributed by atoms with van der Waals surface area (Å²) in [4.78, 5) is 23.2. The van der Waals surface area contributed by atoms with Gasteiger partial charge in [0.2, 0.25) is 0 Å². The van der Waals surface area contributed by atoms with Crippen molar-refractivity contribution in [3.8, 4) is 11.5 Å². The number of halogens is 1. The van der Waals surface area contributed by atoms with E-state index in [1.165, 1.54) is 20.3 Å². The van der Waals surface area contributed by atoms with E-state index in [0.717, 1.165) is 6.07 Å². The zero-order valence-corrected chi connectivity index (χ0v) is 10.3. The van der Waals surface area contributed by atoms with Crippen LogP contribution in [0, 0.1) is 5.82 Å². The van der Waals surface area contributed by atoms with E-state index < -0.39 is 17.6 Å². The standard InChI is InChI=1S/C12H13FO5/c1-4-18-12(15)10(14)9-8(16-2)6-5-7(13)11(9)17-3/h5-6H,4H2,1-3H3. The van der Waals surface area contributed by atoms with Gasteiger partial charge in [-0.2, -0.15) is 0 Å². The lowest BCUT2D eigenvalue weighted by Crippen LogP contribution is -2.19. The molecule has 0 unspecified atom stereocenters. The third kappa shape index (κ3) is 2.58. The first-order valence-electron chi connectivity index (χ1n) is 5.18. The molecule has 0 bridgehead atoms. The van der Waals surface area contributed by atoms with Crippen molar-refractivity contribution in [3.05, 3.63) is 23.5 Å². The molecule has 0 heterocycles. The number of hydrogen-bond donors (Lipinski definition) is 0. The smallest absolute Gasteiger partial charge is 0.379 e. The SMILES string of the molecule is CCOC(=O)C(=O)c1c(OC)ccc(F)c1OC. The van der Waals surface area contributed by atoms with Crippen molar-refractivity contribution < 1.29 is 28.2 Å². The Morgan fingerprint density at radius 2 is 1.89 bits per heavy atom. The van der Waals surface area contributed by atoms with E-state index in [4.69, 9.17) is 9.47 Å². The molecule has 0 aliphatic rings. The topological polar surface area (TPSA) is 61.8 Å². The highest BCUT2D eigenvalue weighted by Crippen LogP contribution is 2.31. The number of carbonyl (C=O) groups is 2. The molecule has 0 aliphatic carbocycles. The highest BCUT2D eigenvalue weighted by Gasteiger charge is 2.28. The van der Waals surface area contributed by atoms with Gasteiger partial charge < -0.3 is 14.2 Å². The Labute approximate surface area is 103 Å². The molecule has 0 atom stereocenters. The van der Waals surface area contributed by atoms with Crippen molar-refractivity contribution in [3.63, 3.8) is 0 Å². The largest absolute Gasteiger partial charge is 0.496 e. The van der Waals surface area contributed by atoms with Gasteiger partial charge in [0.1, 0.15) is 11.3 Å². The zero-order chi connectivity index (χ0) is 13.7. The summed E-state index contributed by atoms with van der Waals surface area (Å²) in [5, 5.41) is 0. The average molecular weight is 256 g/mol. The lowest BCUT2D eigenvalue weighted by atomic mass is 10.1. The van der Waals surface area contributed by atoms with Gasteiger partial charge >= 0.3 is 5.97 Å². The summed E-state index contributed by atoms with van der Waals surface area (Å²) in [6.07, 6.45) is 0. The highest BCUT2D eigenvalue weighted by atomic mass is 19.1. The van der Waals surface area contributed by atoms with Crippen LogP contribution in [0.1, 0.15) is 17.3 Å². The molecule has 0 spiro atoms. The maximum absolute atomic E-state index is 13.5. The van der Waals surface area contributed by atoms with E-state index in [9.17, 15) is 14.0 Å². The molecular formula is C12H13FO5. The molecule has 0 saturated carbocycles. The van der Waals surface area contributed by atoms with Crippen LogP contribution >= 0.6 is 0 Å². The van der Waals surface area contributed by atoms with Crippen molar-refractivity contribution in [2.45, 2.75) is 6.92 Å². The van der Waals surface area contributed by atoms with E-state index in [1.54, 1.807) is 6.92 Å². The van der Waals surface area contributed by atoms with E-state index in [2.05, 4.69) is 4.74 Å². The Morgan fingerprint density at radius 1 is 1.22 bits per heavy atom. The minimum absolute atomic E-state index is 0.0462. The summed E-state index contributed by atoms with van der Waals surface area (Å²) >= 11 is 0. The van der Waals surface area contributed by atoms with Crippen LogP contribution in [0.2, 0.25) is 0 Å². The van der Waals surface area contributed by atoms with Gasteiger partial charge in [-0.3, -0.25) is 4.79 Å². The number of Topliss-reactive ketones (excluding diaryl/α,β-unsaturated/α-hetero) is 1. The van der Waals surface area contributed by atoms with Crippen LogP contribution in [0.15, 0.2) is 12.1 Å². The Balaban J connectivity index is 3.32. The van der Waals surface area contributed by atoms with Crippen molar-refractivity contribution in [2.75, 3.05) is 20.8 Å². The van der Waals surface area contributed by atoms with Gasteiger partial charge in [0.05, 0.1) is 20.8 Å². The van der Waals surface area contributed by atoms with Crippen molar-refractivity contribution in [2.24, 2.45) is 0 Å². The molecule has 1 aromatic carbocycles. The lowest BCUT2D eigenvalue weighted by Gasteiger charge is -2.12. The van der Waals surface area contributed by atoms with Gasteiger partial charge in [0.15, 0.2) is 11.6 Å². The maximum Gasteiger partial charge on any atom is 0.379 e. The second kappa shape index (κ2) is 6.00. The molecule has 1 aromatic rings. The summed E-state index contributed by atoms with van der Waals surface area (Å²) < 4.78 is 27.8. The minimum Gasteiger partial charge on any atom is -0.496 e. The maximum atomic E-state index is 13.5. The van der Waals surface area contributed by atoms with Crippen LogP contribution in [0.25, 0.3) is 0 Å². The number of hydrogen-bond acceptors (Lipinski definition) is 5. The fourth-order valence-electron chi connectivity index (χ4n) is 1.42. The van der Waals surface area contributed by atoms with E-state index in [1.807, 2.05) is 0 Å². The second-order valence-electron chi connectivity index (χ2n) is 3.21. The molecule has 6 heteroatoms. The number of methoxy groups -OCH3 is 2. The monoisotopic (exact) mass is 256 g/mol. The molecule has 0 fully saturated rings. The third-order valence-electron chi connectivity index (χ3n) is 2.18.